The zero-order valence-corrected chi connectivity index (χ0v) is 10.0. The summed E-state index contributed by atoms with van der Waals surface area (Å²) < 4.78 is 1.97. The summed E-state index contributed by atoms with van der Waals surface area (Å²) in [5.41, 5.74) is 1.29. The lowest BCUT2D eigenvalue weighted by Crippen LogP contribution is -2.22. The molecule has 1 atom stereocenters. The van der Waals surface area contributed by atoms with Crippen molar-refractivity contribution in [2.75, 3.05) is 6.54 Å². The first-order valence-electron chi connectivity index (χ1n) is 6.25. The molecule has 1 aromatic rings. The van der Waals surface area contributed by atoms with Crippen LogP contribution < -0.4 is 5.32 Å². The second-order valence-electron chi connectivity index (χ2n) is 4.49. The summed E-state index contributed by atoms with van der Waals surface area (Å²) in [5, 5.41) is 7.79. The molecule has 2 rings (SSSR count). The van der Waals surface area contributed by atoms with Crippen LogP contribution in [0.4, 0.5) is 0 Å². The Morgan fingerprint density at radius 1 is 1.50 bits per heavy atom. The minimum absolute atomic E-state index is 0.825. The van der Waals surface area contributed by atoms with Crippen molar-refractivity contribution in [3.63, 3.8) is 0 Å². The molecule has 0 aromatic carbocycles. The largest absolute Gasteiger partial charge is 0.312 e. The van der Waals surface area contributed by atoms with E-state index in [2.05, 4.69) is 35.7 Å². The van der Waals surface area contributed by atoms with Crippen molar-refractivity contribution in [1.82, 2.24) is 15.1 Å². The van der Waals surface area contributed by atoms with Crippen LogP contribution in [0.1, 0.15) is 31.7 Å². The normalized spacial score (nSPS) is 20.2. The maximum atomic E-state index is 4.27. The highest BCUT2D eigenvalue weighted by Gasteiger charge is 2.08. The number of aryl methyl sites for hydroxylation is 1. The second kappa shape index (κ2) is 5.85. The molecule has 1 aromatic heterocycles. The molecule has 1 aliphatic rings. The highest BCUT2D eigenvalue weighted by molar-refractivity contribution is 5.03. The number of nitrogens with zero attached hydrogens (tertiary/aromatic N) is 2. The van der Waals surface area contributed by atoms with Gasteiger partial charge in [0.25, 0.3) is 0 Å². The maximum Gasteiger partial charge on any atom is 0.0534 e. The number of nitrogens with one attached hydrogen (secondary N) is 1. The molecule has 0 spiro atoms. The van der Waals surface area contributed by atoms with E-state index in [0.717, 1.165) is 25.6 Å². The summed E-state index contributed by atoms with van der Waals surface area (Å²) in [6.45, 7) is 5.13. The van der Waals surface area contributed by atoms with Gasteiger partial charge in [-0.1, -0.05) is 12.2 Å². The van der Waals surface area contributed by atoms with E-state index in [1.54, 1.807) is 0 Å². The van der Waals surface area contributed by atoms with Crippen molar-refractivity contribution in [2.24, 2.45) is 5.92 Å². The molecule has 0 saturated carbocycles. The molecule has 0 radical (unpaired) electrons. The molecule has 0 saturated heterocycles. The van der Waals surface area contributed by atoms with Gasteiger partial charge in [0, 0.05) is 24.8 Å². The summed E-state index contributed by atoms with van der Waals surface area (Å²) in [6.07, 6.45) is 12.5. The summed E-state index contributed by atoms with van der Waals surface area (Å²) >= 11 is 0. The first kappa shape index (κ1) is 11.4. The van der Waals surface area contributed by atoms with Crippen molar-refractivity contribution in [2.45, 2.75) is 39.3 Å². The monoisotopic (exact) mass is 219 g/mol. The third-order valence-corrected chi connectivity index (χ3v) is 3.15. The molecule has 1 aliphatic carbocycles. The zero-order valence-electron chi connectivity index (χ0n) is 10.0. The first-order valence-corrected chi connectivity index (χ1v) is 6.25. The van der Waals surface area contributed by atoms with Crippen molar-refractivity contribution >= 4 is 0 Å². The lowest BCUT2D eigenvalue weighted by atomic mass is 9.94. The molecule has 0 fully saturated rings. The minimum Gasteiger partial charge on any atom is -0.312 e. The Kier molecular flexibility index (Phi) is 4.17. The van der Waals surface area contributed by atoms with Gasteiger partial charge < -0.3 is 5.32 Å². The van der Waals surface area contributed by atoms with Crippen LogP contribution in [-0.2, 0) is 13.1 Å². The average Bonchev–Trinajstić information content (AvgIpc) is 2.78. The molecule has 88 valence electrons. The fourth-order valence-corrected chi connectivity index (χ4v) is 2.13. The average molecular weight is 219 g/mol. The molecule has 1 N–H and O–H groups in total. The highest BCUT2D eigenvalue weighted by Crippen LogP contribution is 2.16. The summed E-state index contributed by atoms with van der Waals surface area (Å²) in [4.78, 5) is 0. The standard InChI is InChI=1S/C13H21N3/c1-2-16-11-13(10-15-16)9-14-8-12-6-4-3-5-7-12/h3-4,10-12,14H,2,5-9H2,1H3. The van der Waals surface area contributed by atoms with E-state index < -0.39 is 0 Å². The molecule has 0 aliphatic heterocycles. The van der Waals surface area contributed by atoms with Gasteiger partial charge in [0.2, 0.25) is 0 Å². The summed E-state index contributed by atoms with van der Waals surface area (Å²) in [6, 6.07) is 0. The van der Waals surface area contributed by atoms with Crippen LogP contribution in [0.25, 0.3) is 0 Å². The molecular weight excluding hydrogens is 198 g/mol. The van der Waals surface area contributed by atoms with Crippen LogP contribution >= 0.6 is 0 Å². The van der Waals surface area contributed by atoms with Crippen molar-refractivity contribution in [1.29, 1.82) is 0 Å². The number of allylic oxidation sites excluding steroid dienone is 2. The van der Waals surface area contributed by atoms with Crippen LogP contribution in [0.15, 0.2) is 24.5 Å². The van der Waals surface area contributed by atoms with Crippen molar-refractivity contribution in [3.05, 3.63) is 30.1 Å². The van der Waals surface area contributed by atoms with E-state index >= 15 is 0 Å². The molecule has 3 nitrogen and oxygen atoms in total. The zero-order chi connectivity index (χ0) is 11.2. The van der Waals surface area contributed by atoms with Gasteiger partial charge in [0.05, 0.1) is 6.20 Å². The van der Waals surface area contributed by atoms with E-state index in [1.165, 1.54) is 24.8 Å². The lowest BCUT2D eigenvalue weighted by Gasteiger charge is -2.17. The predicted molar refractivity (Wildman–Crippen MR) is 66.1 cm³/mol. The van der Waals surface area contributed by atoms with E-state index in [1.807, 2.05) is 10.9 Å². The molecule has 0 amide bonds. The third-order valence-electron chi connectivity index (χ3n) is 3.15. The number of hydrogen-bond donors (Lipinski definition) is 1. The van der Waals surface area contributed by atoms with E-state index in [4.69, 9.17) is 0 Å². The van der Waals surface area contributed by atoms with E-state index in [-0.39, 0.29) is 0 Å². The van der Waals surface area contributed by atoms with Gasteiger partial charge in [-0.05, 0) is 38.6 Å². The predicted octanol–water partition coefficient (Wildman–Crippen LogP) is 2.35. The third kappa shape index (κ3) is 3.20. The number of hydrogen-bond acceptors (Lipinski definition) is 2. The SMILES string of the molecule is CCn1cc(CNCC2CC=CCC2)cn1. The first-order chi connectivity index (χ1) is 7.88. The Balaban J connectivity index is 1.69. The van der Waals surface area contributed by atoms with Gasteiger partial charge in [0.1, 0.15) is 0 Å². The van der Waals surface area contributed by atoms with Gasteiger partial charge >= 0.3 is 0 Å². The maximum absolute atomic E-state index is 4.27. The molecule has 16 heavy (non-hydrogen) atoms. The number of aromatic nitrogens is 2. The Morgan fingerprint density at radius 2 is 2.44 bits per heavy atom. The quantitative estimate of drug-likeness (QED) is 0.770. The smallest absolute Gasteiger partial charge is 0.0534 e. The van der Waals surface area contributed by atoms with Crippen LogP contribution in [-0.4, -0.2) is 16.3 Å². The van der Waals surface area contributed by atoms with E-state index in [0.29, 0.717) is 0 Å². The van der Waals surface area contributed by atoms with Gasteiger partial charge in [-0.25, -0.2) is 0 Å². The van der Waals surface area contributed by atoms with Crippen molar-refractivity contribution < 1.29 is 0 Å². The Hall–Kier alpha value is -1.09. The van der Waals surface area contributed by atoms with Crippen molar-refractivity contribution in [3.8, 4) is 0 Å². The lowest BCUT2D eigenvalue weighted by molar-refractivity contribution is 0.440. The summed E-state index contributed by atoms with van der Waals surface area (Å²) in [5.74, 6) is 0.825. The fourth-order valence-electron chi connectivity index (χ4n) is 2.13. The molecule has 1 heterocycles. The molecule has 3 heteroatoms. The van der Waals surface area contributed by atoms with Crippen LogP contribution in [0.5, 0.6) is 0 Å². The van der Waals surface area contributed by atoms with Gasteiger partial charge in [-0.15, -0.1) is 0 Å². The Bertz CT molecular complexity index is 341. The fraction of sp³-hybridized carbons (Fsp3) is 0.615. The van der Waals surface area contributed by atoms with Gasteiger partial charge in [0.15, 0.2) is 0 Å². The number of rotatable bonds is 5. The minimum atomic E-state index is 0.825. The van der Waals surface area contributed by atoms with Crippen LogP contribution in [0, 0.1) is 5.92 Å². The Morgan fingerprint density at radius 3 is 3.12 bits per heavy atom. The molecule has 0 bridgehead atoms. The molecular formula is C13H21N3. The van der Waals surface area contributed by atoms with E-state index in [9.17, 15) is 0 Å². The Labute approximate surface area is 97.5 Å². The summed E-state index contributed by atoms with van der Waals surface area (Å²) in [7, 11) is 0. The van der Waals surface area contributed by atoms with Gasteiger partial charge in [-0.3, -0.25) is 4.68 Å². The second-order valence-corrected chi connectivity index (χ2v) is 4.49. The van der Waals surface area contributed by atoms with Crippen LogP contribution in [0.3, 0.4) is 0 Å². The highest BCUT2D eigenvalue weighted by atomic mass is 15.3. The topological polar surface area (TPSA) is 29.9 Å². The van der Waals surface area contributed by atoms with Gasteiger partial charge in [-0.2, -0.15) is 5.10 Å². The van der Waals surface area contributed by atoms with Crippen LogP contribution in [0.2, 0.25) is 0 Å². The molecule has 1 unspecified atom stereocenters.